The zero-order chi connectivity index (χ0) is 23.6. The fourth-order valence-corrected chi connectivity index (χ4v) is 4.18. The average molecular weight is 467 g/mol. The maximum Gasteiger partial charge on any atom is 0.359 e. The number of fused-ring (bicyclic) bond motifs is 1. The van der Waals surface area contributed by atoms with Crippen molar-refractivity contribution < 1.29 is 19.1 Å². The minimum Gasteiger partial charge on any atom is -0.464 e. The molecule has 4 rings (SSSR count). The molecule has 33 heavy (non-hydrogen) atoms. The lowest BCUT2D eigenvalue weighted by Gasteiger charge is -2.43. The largest absolute Gasteiger partial charge is 0.464 e. The number of imidazole rings is 1. The molecule has 0 radical (unpaired) electrons. The fourth-order valence-electron chi connectivity index (χ4n) is 3.97. The number of halogens is 1. The molecule has 1 aromatic heterocycles. The quantitative estimate of drug-likeness (QED) is 0.563. The summed E-state index contributed by atoms with van der Waals surface area (Å²) >= 11 is 6.14. The Labute approximate surface area is 196 Å². The third kappa shape index (κ3) is 4.34. The number of carbonyl (C=O) groups excluding carboxylic acids is 3. The first kappa shape index (κ1) is 22.5. The van der Waals surface area contributed by atoms with Crippen molar-refractivity contribution >= 4 is 29.4 Å². The number of nitrogens with zero attached hydrogens (tertiary/aromatic N) is 3. The summed E-state index contributed by atoms with van der Waals surface area (Å²) < 4.78 is 6.32. The number of hydrogen-bond acceptors (Lipinski definition) is 5. The lowest BCUT2D eigenvalue weighted by atomic mass is 9.93. The van der Waals surface area contributed by atoms with E-state index in [4.69, 9.17) is 16.3 Å². The monoisotopic (exact) mass is 466 g/mol. The topological polar surface area (TPSA) is 93.5 Å². The van der Waals surface area contributed by atoms with Gasteiger partial charge in [-0.05, 0) is 30.2 Å². The van der Waals surface area contributed by atoms with Crippen LogP contribution < -0.4 is 5.32 Å². The predicted octanol–water partition coefficient (Wildman–Crippen LogP) is 3.05. The molecule has 0 saturated heterocycles. The Morgan fingerprint density at radius 2 is 1.88 bits per heavy atom. The van der Waals surface area contributed by atoms with Crippen molar-refractivity contribution in [3.63, 3.8) is 0 Å². The maximum atomic E-state index is 13.6. The van der Waals surface area contributed by atoms with Gasteiger partial charge in [0.15, 0.2) is 5.69 Å². The first-order valence-electron chi connectivity index (χ1n) is 10.4. The highest BCUT2D eigenvalue weighted by molar-refractivity contribution is 6.30. The Bertz CT molecular complexity index is 1210. The summed E-state index contributed by atoms with van der Waals surface area (Å²) in [4.78, 5) is 44.8. The van der Waals surface area contributed by atoms with Crippen LogP contribution in [0.2, 0.25) is 5.02 Å². The third-order valence-electron chi connectivity index (χ3n) is 5.75. The highest BCUT2D eigenvalue weighted by Gasteiger charge is 2.48. The second-order valence-corrected chi connectivity index (χ2v) is 8.46. The SMILES string of the molecule is COC(=O)c1ncn2c1C(=O)N(Cc1cccc(Cl)c1)[C@@](C)(C(=O)NCc1ccccc1)C2. The van der Waals surface area contributed by atoms with Crippen LogP contribution in [0.5, 0.6) is 0 Å². The van der Waals surface area contributed by atoms with Gasteiger partial charge in [-0.2, -0.15) is 0 Å². The van der Waals surface area contributed by atoms with Crippen molar-refractivity contribution in [2.45, 2.75) is 32.1 Å². The van der Waals surface area contributed by atoms with Crippen molar-refractivity contribution in [3.05, 3.63) is 88.5 Å². The second kappa shape index (κ2) is 9.07. The predicted molar refractivity (Wildman–Crippen MR) is 122 cm³/mol. The number of hydrogen-bond donors (Lipinski definition) is 1. The number of aromatic nitrogens is 2. The van der Waals surface area contributed by atoms with E-state index in [2.05, 4.69) is 10.3 Å². The molecule has 2 aromatic carbocycles. The molecule has 2 heterocycles. The molecule has 0 unspecified atom stereocenters. The summed E-state index contributed by atoms with van der Waals surface area (Å²) in [7, 11) is 1.23. The summed E-state index contributed by atoms with van der Waals surface area (Å²) in [5.41, 5.74) is 0.470. The molecular weight excluding hydrogens is 444 g/mol. The van der Waals surface area contributed by atoms with E-state index in [0.29, 0.717) is 11.6 Å². The highest BCUT2D eigenvalue weighted by atomic mass is 35.5. The number of nitrogens with one attached hydrogen (secondary N) is 1. The minimum atomic E-state index is -1.24. The van der Waals surface area contributed by atoms with Gasteiger partial charge in [0.05, 0.1) is 20.0 Å². The first-order chi connectivity index (χ1) is 15.8. The van der Waals surface area contributed by atoms with Crippen LogP contribution in [0, 0.1) is 0 Å². The molecule has 1 aliphatic heterocycles. The van der Waals surface area contributed by atoms with Crippen molar-refractivity contribution in [1.82, 2.24) is 19.8 Å². The van der Waals surface area contributed by atoms with Crippen molar-refractivity contribution in [2.24, 2.45) is 0 Å². The average Bonchev–Trinajstić information content (AvgIpc) is 3.24. The van der Waals surface area contributed by atoms with E-state index in [0.717, 1.165) is 11.1 Å². The van der Waals surface area contributed by atoms with Crippen LogP contribution in [-0.4, -0.2) is 44.9 Å². The molecule has 0 saturated carbocycles. The molecular formula is C24H23ClN4O4. The second-order valence-electron chi connectivity index (χ2n) is 8.02. The van der Waals surface area contributed by atoms with Crippen LogP contribution in [0.4, 0.5) is 0 Å². The highest BCUT2D eigenvalue weighted by Crippen LogP contribution is 2.31. The molecule has 1 aliphatic rings. The van der Waals surface area contributed by atoms with Gasteiger partial charge in [0.1, 0.15) is 11.2 Å². The Morgan fingerprint density at radius 3 is 2.58 bits per heavy atom. The van der Waals surface area contributed by atoms with Crippen molar-refractivity contribution in [3.8, 4) is 0 Å². The van der Waals surface area contributed by atoms with E-state index in [1.807, 2.05) is 36.4 Å². The van der Waals surface area contributed by atoms with Gasteiger partial charge >= 0.3 is 5.97 Å². The van der Waals surface area contributed by atoms with Gasteiger partial charge in [0, 0.05) is 18.1 Å². The number of methoxy groups -OCH3 is 1. The fraction of sp³-hybridized carbons (Fsp3) is 0.250. The maximum absolute atomic E-state index is 13.6. The van der Waals surface area contributed by atoms with Gasteiger partial charge in [-0.15, -0.1) is 0 Å². The van der Waals surface area contributed by atoms with Gasteiger partial charge in [-0.1, -0.05) is 54.1 Å². The molecule has 0 spiro atoms. The zero-order valence-electron chi connectivity index (χ0n) is 18.2. The Balaban J connectivity index is 1.70. The van der Waals surface area contributed by atoms with Gasteiger partial charge < -0.3 is 19.5 Å². The van der Waals surface area contributed by atoms with E-state index < -0.39 is 17.4 Å². The smallest absolute Gasteiger partial charge is 0.359 e. The van der Waals surface area contributed by atoms with Gasteiger partial charge in [0.25, 0.3) is 5.91 Å². The number of ether oxygens (including phenoxy) is 1. The first-order valence-corrected chi connectivity index (χ1v) is 10.7. The molecule has 0 aliphatic carbocycles. The summed E-state index contributed by atoms with van der Waals surface area (Å²) in [5, 5.41) is 3.46. The van der Waals surface area contributed by atoms with Gasteiger partial charge in [-0.3, -0.25) is 9.59 Å². The minimum absolute atomic E-state index is 0.0784. The summed E-state index contributed by atoms with van der Waals surface area (Å²) in [6, 6.07) is 16.6. The number of esters is 1. The zero-order valence-corrected chi connectivity index (χ0v) is 19.0. The van der Waals surface area contributed by atoms with E-state index >= 15 is 0 Å². The van der Waals surface area contributed by atoms with E-state index in [9.17, 15) is 14.4 Å². The molecule has 1 atom stereocenters. The van der Waals surface area contributed by atoms with E-state index in [1.54, 1.807) is 25.1 Å². The van der Waals surface area contributed by atoms with Crippen LogP contribution in [0.3, 0.4) is 0 Å². The number of benzene rings is 2. The van der Waals surface area contributed by atoms with Crippen LogP contribution in [0.1, 0.15) is 39.0 Å². The van der Waals surface area contributed by atoms with Crippen LogP contribution >= 0.6 is 11.6 Å². The Morgan fingerprint density at radius 1 is 1.15 bits per heavy atom. The Hall–Kier alpha value is -3.65. The molecule has 0 bridgehead atoms. The summed E-state index contributed by atoms with van der Waals surface area (Å²) in [6.07, 6.45) is 1.39. The molecule has 170 valence electrons. The molecule has 2 amide bonds. The molecule has 0 fully saturated rings. The van der Waals surface area contributed by atoms with Crippen LogP contribution in [0.15, 0.2) is 60.9 Å². The lowest BCUT2D eigenvalue weighted by Crippen LogP contribution is -2.63. The number of carbonyl (C=O) groups is 3. The number of rotatable bonds is 6. The van der Waals surface area contributed by atoms with E-state index in [-0.39, 0.29) is 30.4 Å². The third-order valence-corrected chi connectivity index (χ3v) is 5.99. The van der Waals surface area contributed by atoms with Crippen molar-refractivity contribution in [1.29, 1.82) is 0 Å². The Kier molecular flexibility index (Phi) is 6.20. The molecule has 9 heteroatoms. The van der Waals surface area contributed by atoms with Gasteiger partial charge in [-0.25, -0.2) is 9.78 Å². The van der Waals surface area contributed by atoms with Crippen LogP contribution in [0.25, 0.3) is 0 Å². The number of amides is 2. The van der Waals surface area contributed by atoms with Gasteiger partial charge in [0.2, 0.25) is 5.91 Å². The molecule has 8 nitrogen and oxygen atoms in total. The lowest BCUT2D eigenvalue weighted by molar-refractivity contribution is -0.133. The standard InChI is InChI=1S/C24H23ClN4O4/c1-24(23(32)26-12-16-7-4-3-5-8-16)14-28-15-27-19(22(31)33-2)20(28)21(30)29(24)13-17-9-6-10-18(25)11-17/h3-11,15H,12-14H2,1-2H3,(H,26,32)/t24-/m1/s1. The van der Waals surface area contributed by atoms with Crippen LogP contribution in [-0.2, 0) is 29.2 Å². The van der Waals surface area contributed by atoms with Crippen molar-refractivity contribution in [2.75, 3.05) is 7.11 Å². The normalized spacial score (nSPS) is 17.4. The summed E-state index contributed by atoms with van der Waals surface area (Å²) in [5.74, 6) is -1.52. The van der Waals surface area contributed by atoms with E-state index in [1.165, 1.54) is 22.9 Å². The summed E-state index contributed by atoms with van der Waals surface area (Å²) in [6.45, 7) is 2.27. The molecule has 3 aromatic rings. The molecule has 1 N–H and O–H groups in total.